The molecule has 2 aromatic heterocycles. The summed E-state index contributed by atoms with van der Waals surface area (Å²) in [7, 11) is 7.25. The van der Waals surface area contributed by atoms with Gasteiger partial charge in [0.1, 0.15) is 0 Å². The van der Waals surface area contributed by atoms with Crippen LogP contribution in [0.2, 0.25) is 10.0 Å². The van der Waals surface area contributed by atoms with Gasteiger partial charge in [-0.3, -0.25) is 24.0 Å². The molecule has 166 valence electrons. The number of aryl methyl sites for hydroxylation is 3. The molecule has 2 aromatic carbocycles. The van der Waals surface area contributed by atoms with Crippen LogP contribution in [-0.2, 0) is 14.1 Å². The van der Waals surface area contributed by atoms with Crippen molar-refractivity contribution in [3.8, 4) is 5.69 Å². The summed E-state index contributed by atoms with van der Waals surface area (Å²) >= 11 is 12.4. The molecule has 10 heteroatoms. The van der Waals surface area contributed by atoms with Crippen LogP contribution in [-0.4, -0.2) is 39.2 Å². The second-order valence-corrected chi connectivity index (χ2v) is 8.61. The maximum absolute atomic E-state index is 13.1. The van der Waals surface area contributed by atoms with Crippen molar-refractivity contribution in [3.05, 3.63) is 72.5 Å². The zero-order chi connectivity index (χ0) is 23.3. The number of aliphatic imine (C=N–C) groups is 1. The molecule has 4 aromatic rings. The van der Waals surface area contributed by atoms with Crippen LogP contribution in [0.25, 0.3) is 16.7 Å². The van der Waals surface area contributed by atoms with Crippen molar-refractivity contribution in [3.63, 3.8) is 0 Å². The van der Waals surface area contributed by atoms with Gasteiger partial charge in [0.2, 0.25) is 0 Å². The van der Waals surface area contributed by atoms with E-state index in [0.29, 0.717) is 32.7 Å². The fourth-order valence-corrected chi connectivity index (χ4v) is 4.03. The molecule has 0 unspecified atom stereocenters. The minimum atomic E-state index is -0.296. The predicted molar refractivity (Wildman–Crippen MR) is 131 cm³/mol. The second kappa shape index (κ2) is 8.03. The molecule has 0 radical (unpaired) electrons. The van der Waals surface area contributed by atoms with E-state index < -0.39 is 0 Å². The lowest BCUT2D eigenvalue weighted by Crippen LogP contribution is -2.19. The van der Waals surface area contributed by atoms with Gasteiger partial charge >= 0.3 is 5.69 Å². The quantitative estimate of drug-likeness (QED) is 0.458. The van der Waals surface area contributed by atoms with Crippen molar-refractivity contribution < 1.29 is 0 Å². The Labute approximate surface area is 193 Å². The molecule has 0 aliphatic carbocycles. The Hall–Kier alpha value is -3.23. The Balaban J connectivity index is 1.85. The Morgan fingerprint density at radius 3 is 2.34 bits per heavy atom. The van der Waals surface area contributed by atoms with Crippen LogP contribution in [0, 0.1) is 6.92 Å². The van der Waals surface area contributed by atoms with E-state index in [1.807, 2.05) is 31.1 Å². The number of nitrogens with zero attached hydrogens (tertiary/aromatic N) is 5. The first-order valence-corrected chi connectivity index (χ1v) is 10.5. The van der Waals surface area contributed by atoms with E-state index in [1.54, 1.807) is 48.4 Å². The molecule has 4 rings (SSSR count). The zero-order valence-corrected chi connectivity index (χ0v) is 19.8. The van der Waals surface area contributed by atoms with Crippen molar-refractivity contribution in [2.24, 2.45) is 19.1 Å². The van der Waals surface area contributed by atoms with Gasteiger partial charge in [0.25, 0.3) is 5.56 Å². The summed E-state index contributed by atoms with van der Waals surface area (Å²) in [5.41, 5.74) is 4.09. The van der Waals surface area contributed by atoms with Crippen molar-refractivity contribution >= 4 is 51.8 Å². The number of anilines is 1. The third kappa shape index (κ3) is 3.55. The average molecular weight is 473 g/mol. The maximum Gasteiger partial charge on any atom is 0.328 e. The normalized spacial score (nSPS) is 11.7. The molecule has 0 aliphatic heterocycles. The van der Waals surface area contributed by atoms with Gasteiger partial charge in [-0.1, -0.05) is 23.2 Å². The molecular weight excluding hydrogens is 451 g/mol. The van der Waals surface area contributed by atoms with Crippen LogP contribution in [0.5, 0.6) is 0 Å². The van der Waals surface area contributed by atoms with Crippen LogP contribution in [0.1, 0.15) is 11.3 Å². The minimum Gasteiger partial charge on any atom is -0.376 e. The smallest absolute Gasteiger partial charge is 0.328 e. The molecule has 0 amide bonds. The fourth-order valence-electron chi connectivity index (χ4n) is 3.66. The highest BCUT2D eigenvalue weighted by molar-refractivity contribution is 6.34. The van der Waals surface area contributed by atoms with Crippen LogP contribution in [0.4, 0.5) is 11.4 Å². The SMILES string of the molecule is Cc1[nH]n(-c2cc(Cl)ccc2Cl)c(=O)c1C=Nc1cc2c(cc1N(C)C)n(C)c(=O)n2C. The van der Waals surface area contributed by atoms with E-state index in [-0.39, 0.29) is 11.2 Å². The Morgan fingerprint density at radius 1 is 1.03 bits per heavy atom. The van der Waals surface area contributed by atoms with Crippen LogP contribution >= 0.6 is 23.2 Å². The molecule has 0 atom stereocenters. The van der Waals surface area contributed by atoms with Crippen LogP contribution in [0.3, 0.4) is 0 Å². The topological polar surface area (TPSA) is 80.3 Å². The predicted octanol–water partition coefficient (Wildman–Crippen LogP) is 3.79. The number of aromatic nitrogens is 4. The summed E-state index contributed by atoms with van der Waals surface area (Å²) in [5, 5.41) is 3.89. The van der Waals surface area contributed by atoms with Crippen molar-refractivity contribution in [1.29, 1.82) is 0 Å². The first kappa shape index (κ1) is 22.0. The van der Waals surface area contributed by atoms with Gasteiger partial charge < -0.3 is 4.90 Å². The molecule has 0 saturated heterocycles. The average Bonchev–Trinajstić information content (AvgIpc) is 3.15. The summed E-state index contributed by atoms with van der Waals surface area (Å²) in [4.78, 5) is 32.0. The van der Waals surface area contributed by atoms with E-state index in [9.17, 15) is 9.59 Å². The van der Waals surface area contributed by atoms with Gasteiger partial charge in [0.15, 0.2) is 0 Å². The largest absolute Gasteiger partial charge is 0.376 e. The number of aromatic amines is 1. The number of nitrogens with one attached hydrogen (secondary N) is 1. The number of imidazole rings is 1. The zero-order valence-electron chi connectivity index (χ0n) is 18.3. The number of hydrogen-bond acceptors (Lipinski definition) is 4. The summed E-state index contributed by atoms with van der Waals surface area (Å²) in [6.45, 7) is 1.79. The molecule has 32 heavy (non-hydrogen) atoms. The molecule has 8 nitrogen and oxygen atoms in total. The van der Waals surface area contributed by atoms with Crippen molar-refractivity contribution in [1.82, 2.24) is 18.9 Å². The van der Waals surface area contributed by atoms with Crippen molar-refractivity contribution in [2.45, 2.75) is 6.92 Å². The van der Waals surface area contributed by atoms with E-state index >= 15 is 0 Å². The van der Waals surface area contributed by atoms with Crippen LogP contribution in [0.15, 0.2) is 44.9 Å². The number of rotatable bonds is 4. The van der Waals surface area contributed by atoms with E-state index in [4.69, 9.17) is 23.2 Å². The molecule has 1 N–H and O–H groups in total. The standard InChI is InChI=1S/C22H22Cl2N6O2/c1-12-14(21(31)30(26-12)17-8-13(23)6-7-15(17)24)11-25-16-9-19-20(10-18(16)27(2)3)29(5)22(32)28(19)4/h6-11,26H,1-5H3. The molecule has 2 heterocycles. The molecule has 0 fully saturated rings. The number of fused-ring (bicyclic) bond motifs is 1. The first-order valence-electron chi connectivity index (χ1n) is 9.78. The van der Waals surface area contributed by atoms with E-state index in [1.165, 1.54) is 10.9 Å². The Bertz CT molecular complexity index is 1500. The highest BCUT2D eigenvalue weighted by atomic mass is 35.5. The molecule has 0 bridgehead atoms. The van der Waals surface area contributed by atoms with Gasteiger partial charge in [-0.05, 0) is 37.3 Å². The van der Waals surface area contributed by atoms with Gasteiger partial charge in [-0.15, -0.1) is 0 Å². The summed E-state index contributed by atoms with van der Waals surface area (Å²) in [6.07, 6.45) is 1.53. The van der Waals surface area contributed by atoms with Gasteiger partial charge in [-0.25, -0.2) is 9.48 Å². The molecule has 0 saturated carbocycles. The number of benzene rings is 2. The summed E-state index contributed by atoms with van der Waals surface area (Å²) < 4.78 is 4.52. The summed E-state index contributed by atoms with van der Waals surface area (Å²) in [6, 6.07) is 8.68. The minimum absolute atomic E-state index is 0.117. The third-order valence-electron chi connectivity index (χ3n) is 5.45. The number of halogens is 2. The lowest BCUT2D eigenvalue weighted by molar-refractivity contribution is 0.795. The van der Waals surface area contributed by atoms with E-state index in [2.05, 4.69) is 10.1 Å². The Morgan fingerprint density at radius 2 is 1.69 bits per heavy atom. The number of H-pyrrole nitrogens is 1. The van der Waals surface area contributed by atoms with E-state index in [0.717, 1.165) is 16.7 Å². The third-order valence-corrected chi connectivity index (χ3v) is 6.00. The number of hydrogen-bond donors (Lipinski definition) is 1. The first-order chi connectivity index (χ1) is 15.1. The molecule has 0 aliphatic rings. The van der Waals surface area contributed by atoms with Gasteiger partial charge in [0.05, 0.1) is 38.7 Å². The monoisotopic (exact) mass is 472 g/mol. The summed E-state index contributed by atoms with van der Waals surface area (Å²) in [5.74, 6) is 0. The highest BCUT2D eigenvalue weighted by Gasteiger charge is 2.16. The van der Waals surface area contributed by atoms with Crippen molar-refractivity contribution in [2.75, 3.05) is 19.0 Å². The fraction of sp³-hybridized carbons (Fsp3) is 0.227. The lowest BCUT2D eigenvalue weighted by atomic mass is 10.2. The van der Waals surface area contributed by atoms with Crippen LogP contribution < -0.4 is 16.1 Å². The molecule has 0 spiro atoms. The van der Waals surface area contributed by atoms with Gasteiger partial charge in [-0.2, -0.15) is 0 Å². The lowest BCUT2D eigenvalue weighted by Gasteiger charge is -2.15. The van der Waals surface area contributed by atoms with Gasteiger partial charge in [0, 0.05) is 45.1 Å². The highest BCUT2D eigenvalue weighted by Crippen LogP contribution is 2.32. The Kier molecular flexibility index (Phi) is 5.52. The molecular formula is C22H22Cl2N6O2. The maximum atomic E-state index is 13.1. The second-order valence-electron chi connectivity index (χ2n) is 7.77.